The van der Waals surface area contributed by atoms with Crippen molar-refractivity contribution >= 4 is 5.78 Å². The van der Waals surface area contributed by atoms with Crippen LogP contribution in [0.15, 0.2) is 0 Å². The minimum atomic E-state index is 0.289. The normalized spacial score (nSPS) is 11.0. The zero-order valence-corrected chi connectivity index (χ0v) is 17.3. The van der Waals surface area contributed by atoms with Crippen LogP contribution in [0.1, 0.15) is 131 Å². The Morgan fingerprint density at radius 1 is 0.609 bits per heavy atom. The molecule has 0 N–H and O–H groups in total. The highest BCUT2D eigenvalue weighted by Gasteiger charge is 2.27. The molecule has 0 aliphatic heterocycles. The summed E-state index contributed by atoms with van der Waals surface area (Å²) < 4.78 is 0. The standard InChI is InChI=1S/C17H36.C5H10O/c1-5-9-13-17(14-10-6-2,15-11-7-3)16-12-8-4;1-3-4-5(2)6/h5-16H2,1-4H3;3-4H2,1-2H3. The number of hydrogen-bond donors (Lipinski definition) is 0. The molecule has 1 nitrogen and oxygen atoms in total. The van der Waals surface area contributed by atoms with Crippen LogP contribution in [0.3, 0.4) is 0 Å². The molecule has 0 aliphatic carbocycles. The van der Waals surface area contributed by atoms with Crippen molar-refractivity contribution in [3.63, 3.8) is 0 Å². The molecule has 1 heteroatoms. The number of carbonyl (C=O) groups excluding carboxylic acids is 1. The molecule has 0 amide bonds. The number of rotatable bonds is 14. The smallest absolute Gasteiger partial charge is 0.129 e. The predicted octanol–water partition coefficient (Wildman–Crippen LogP) is 8.11. The van der Waals surface area contributed by atoms with Gasteiger partial charge in [0.1, 0.15) is 5.78 Å². The third-order valence-electron chi connectivity index (χ3n) is 4.84. The van der Waals surface area contributed by atoms with Crippen LogP contribution < -0.4 is 0 Å². The molecule has 0 atom stereocenters. The first kappa shape index (κ1) is 24.9. The van der Waals surface area contributed by atoms with E-state index in [0.717, 1.165) is 12.8 Å². The van der Waals surface area contributed by atoms with E-state index in [1.54, 1.807) is 6.92 Å². The van der Waals surface area contributed by atoms with E-state index < -0.39 is 0 Å². The topological polar surface area (TPSA) is 17.1 Å². The van der Waals surface area contributed by atoms with Crippen LogP contribution in [0, 0.1) is 5.41 Å². The highest BCUT2D eigenvalue weighted by Crippen LogP contribution is 2.41. The maximum Gasteiger partial charge on any atom is 0.129 e. The zero-order chi connectivity index (χ0) is 18.0. The molecule has 0 radical (unpaired) electrons. The van der Waals surface area contributed by atoms with Crippen LogP contribution in [-0.4, -0.2) is 5.78 Å². The van der Waals surface area contributed by atoms with Crippen molar-refractivity contribution in [3.05, 3.63) is 0 Å². The lowest BCUT2D eigenvalue weighted by Crippen LogP contribution is -2.21. The summed E-state index contributed by atoms with van der Waals surface area (Å²) in [6.45, 7) is 13.0. The Balaban J connectivity index is 0. The van der Waals surface area contributed by atoms with Gasteiger partial charge in [-0.25, -0.2) is 0 Å². The van der Waals surface area contributed by atoms with Gasteiger partial charge in [0.05, 0.1) is 0 Å². The fourth-order valence-electron chi connectivity index (χ4n) is 3.31. The van der Waals surface area contributed by atoms with Crippen molar-refractivity contribution < 1.29 is 4.79 Å². The van der Waals surface area contributed by atoms with Crippen molar-refractivity contribution in [2.45, 2.75) is 131 Å². The summed E-state index contributed by atoms with van der Waals surface area (Å²) in [4.78, 5) is 10.0. The molecule has 0 aromatic carbocycles. The maximum atomic E-state index is 10.0. The summed E-state index contributed by atoms with van der Waals surface area (Å²) >= 11 is 0. The van der Waals surface area contributed by atoms with E-state index in [0.29, 0.717) is 5.41 Å². The molecule has 0 aliphatic rings. The van der Waals surface area contributed by atoms with Crippen LogP contribution in [-0.2, 0) is 4.79 Å². The number of unbranched alkanes of at least 4 members (excludes halogenated alkanes) is 4. The zero-order valence-electron chi connectivity index (χ0n) is 17.3. The van der Waals surface area contributed by atoms with Gasteiger partial charge in [0.2, 0.25) is 0 Å². The van der Waals surface area contributed by atoms with Crippen LogP contribution in [0.5, 0.6) is 0 Å². The molecular weight excluding hydrogens is 280 g/mol. The minimum absolute atomic E-state index is 0.289. The van der Waals surface area contributed by atoms with Gasteiger partial charge in [-0.2, -0.15) is 0 Å². The first-order valence-corrected chi connectivity index (χ1v) is 10.5. The third-order valence-corrected chi connectivity index (χ3v) is 4.84. The van der Waals surface area contributed by atoms with Gasteiger partial charge in [-0.1, -0.05) is 86.0 Å². The highest BCUT2D eigenvalue weighted by atomic mass is 16.1. The van der Waals surface area contributed by atoms with Gasteiger partial charge in [0.15, 0.2) is 0 Å². The summed E-state index contributed by atoms with van der Waals surface area (Å²) in [5.74, 6) is 0.289. The van der Waals surface area contributed by atoms with Gasteiger partial charge < -0.3 is 4.79 Å². The Hall–Kier alpha value is -0.330. The van der Waals surface area contributed by atoms with Crippen LogP contribution in [0.4, 0.5) is 0 Å². The van der Waals surface area contributed by atoms with Gasteiger partial charge in [0, 0.05) is 6.42 Å². The van der Waals surface area contributed by atoms with E-state index in [-0.39, 0.29) is 5.78 Å². The second-order valence-electron chi connectivity index (χ2n) is 7.37. The van der Waals surface area contributed by atoms with Gasteiger partial charge >= 0.3 is 0 Å². The molecule has 23 heavy (non-hydrogen) atoms. The number of Topliss-reactive ketones (excluding diaryl/α,β-unsaturated/α-hetero) is 1. The Morgan fingerprint density at radius 3 is 1.04 bits per heavy atom. The van der Waals surface area contributed by atoms with E-state index in [1.807, 2.05) is 6.92 Å². The van der Waals surface area contributed by atoms with E-state index in [1.165, 1.54) is 77.0 Å². The lowest BCUT2D eigenvalue weighted by atomic mass is 9.71. The van der Waals surface area contributed by atoms with Crippen molar-refractivity contribution in [1.82, 2.24) is 0 Å². The minimum Gasteiger partial charge on any atom is -0.300 e. The Labute approximate surface area is 148 Å². The average molecular weight is 327 g/mol. The molecule has 0 aromatic heterocycles. The van der Waals surface area contributed by atoms with Gasteiger partial charge in [-0.05, 0) is 44.4 Å². The fourth-order valence-corrected chi connectivity index (χ4v) is 3.31. The quantitative estimate of drug-likeness (QED) is 0.315. The Morgan fingerprint density at radius 2 is 0.913 bits per heavy atom. The summed E-state index contributed by atoms with van der Waals surface area (Å²) in [6, 6.07) is 0. The van der Waals surface area contributed by atoms with Gasteiger partial charge in [-0.3, -0.25) is 0 Å². The summed E-state index contributed by atoms with van der Waals surface area (Å²) in [5.41, 5.74) is 0.706. The Kier molecular flexibility index (Phi) is 19.5. The molecule has 0 fully saturated rings. The third kappa shape index (κ3) is 16.3. The lowest BCUT2D eigenvalue weighted by molar-refractivity contribution is -0.117. The molecule has 0 aromatic rings. The molecule has 0 saturated carbocycles. The average Bonchev–Trinajstić information content (AvgIpc) is 2.54. The monoisotopic (exact) mass is 326 g/mol. The summed E-state index contributed by atoms with van der Waals surface area (Å²) in [6.07, 6.45) is 18.9. The molecule has 0 unspecified atom stereocenters. The maximum absolute atomic E-state index is 10.0. The van der Waals surface area contributed by atoms with Crippen molar-refractivity contribution in [1.29, 1.82) is 0 Å². The van der Waals surface area contributed by atoms with Crippen LogP contribution in [0.25, 0.3) is 0 Å². The van der Waals surface area contributed by atoms with E-state index in [9.17, 15) is 4.79 Å². The SMILES string of the molecule is CCCC(C)=O.CCCCC(CCCC)(CCCC)CCCC. The van der Waals surface area contributed by atoms with E-state index >= 15 is 0 Å². The Bertz CT molecular complexity index is 207. The van der Waals surface area contributed by atoms with Crippen molar-refractivity contribution in [2.75, 3.05) is 0 Å². The predicted molar refractivity (Wildman–Crippen MR) is 106 cm³/mol. The molecule has 0 spiro atoms. The molecule has 140 valence electrons. The second-order valence-corrected chi connectivity index (χ2v) is 7.37. The summed E-state index contributed by atoms with van der Waals surface area (Å²) in [7, 11) is 0. The van der Waals surface area contributed by atoms with E-state index in [2.05, 4.69) is 27.7 Å². The van der Waals surface area contributed by atoms with Crippen LogP contribution in [0.2, 0.25) is 0 Å². The summed E-state index contributed by atoms with van der Waals surface area (Å²) in [5, 5.41) is 0. The van der Waals surface area contributed by atoms with E-state index in [4.69, 9.17) is 0 Å². The van der Waals surface area contributed by atoms with Crippen molar-refractivity contribution in [2.24, 2.45) is 5.41 Å². The molecule has 0 saturated heterocycles. The lowest BCUT2D eigenvalue weighted by Gasteiger charge is -2.34. The highest BCUT2D eigenvalue weighted by molar-refractivity contribution is 5.75. The number of hydrogen-bond acceptors (Lipinski definition) is 1. The molecular formula is C22H46O. The van der Waals surface area contributed by atoms with Gasteiger partial charge in [0.25, 0.3) is 0 Å². The van der Waals surface area contributed by atoms with Crippen molar-refractivity contribution in [3.8, 4) is 0 Å². The molecule has 0 bridgehead atoms. The van der Waals surface area contributed by atoms with Crippen LogP contribution >= 0.6 is 0 Å². The second kappa shape index (κ2) is 18.0. The first-order chi connectivity index (χ1) is 11.0. The largest absolute Gasteiger partial charge is 0.300 e. The molecule has 0 rings (SSSR count). The fraction of sp³-hybridized carbons (Fsp3) is 0.955. The number of ketones is 1. The molecule has 0 heterocycles. The first-order valence-electron chi connectivity index (χ1n) is 10.5. The number of carbonyl (C=O) groups is 1. The van der Waals surface area contributed by atoms with Gasteiger partial charge in [-0.15, -0.1) is 0 Å².